The van der Waals surface area contributed by atoms with Crippen LogP contribution in [0.3, 0.4) is 0 Å². The smallest absolute Gasteiger partial charge is 0.225 e. The summed E-state index contributed by atoms with van der Waals surface area (Å²) in [7, 11) is 0. The van der Waals surface area contributed by atoms with E-state index < -0.39 is 0 Å². The van der Waals surface area contributed by atoms with E-state index in [9.17, 15) is 0 Å². The number of aryl methyl sites for hydroxylation is 1. The molecule has 0 bridgehead atoms. The van der Waals surface area contributed by atoms with Gasteiger partial charge in [0.25, 0.3) is 0 Å². The monoisotopic (exact) mass is 344 g/mol. The quantitative estimate of drug-likeness (QED) is 0.680. The second kappa shape index (κ2) is 8.10. The van der Waals surface area contributed by atoms with Gasteiger partial charge >= 0.3 is 0 Å². The number of anilines is 1. The van der Waals surface area contributed by atoms with Crippen LogP contribution in [0.2, 0.25) is 0 Å². The van der Waals surface area contributed by atoms with Crippen molar-refractivity contribution in [2.24, 2.45) is 4.99 Å². The second-order valence-corrected chi connectivity index (χ2v) is 6.72. The molecule has 0 aliphatic carbocycles. The third-order valence-electron chi connectivity index (χ3n) is 4.09. The molecule has 1 fully saturated rings. The second-order valence-electron chi connectivity index (χ2n) is 5.72. The molecular weight excluding hydrogens is 320 g/mol. The van der Waals surface area contributed by atoms with Crippen molar-refractivity contribution in [3.63, 3.8) is 0 Å². The number of guanidine groups is 1. The van der Waals surface area contributed by atoms with Crippen molar-refractivity contribution in [2.75, 3.05) is 37.6 Å². The number of hydrogen-bond donors (Lipinski definition) is 1. The van der Waals surface area contributed by atoms with E-state index in [0.29, 0.717) is 0 Å². The summed E-state index contributed by atoms with van der Waals surface area (Å²) in [6.07, 6.45) is 3.59. The lowest BCUT2D eigenvalue weighted by molar-refractivity contribution is 0.370. The predicted molar refractivity (Wildman–Crippen MR) is 99.7 cm³/mol. The van der Waals surface area contributed by atoms with Crippen LogP contribution in [0.5, 0.6) is 0 Å². The van der Waals surface area contributed by atoms with E-state index in [1.165, 1.54) is 10.4 Å². The number of thiophene rings is 1. The molecule has 2 aromatic heterocycles. The number of rotatable bonds is 4. The molecular formula is C17H24N6S. The molecule has 0 amide bonds. The highest BCUT2D eigenvalue weighted by Crippen LogP contribution is 2.17. The summed E-state index contributed by atoms with van der Waals surface area (Å²) in [5.41, 5.74) is 1.32. The summed E-state index contributed by atoms with van der Waals surface area (Å²) in [6.45, 7) is 9.55. The Morgan fingerprint density at radius 1 is 1.25 bits per heavy atom. The summed E-state index contributed by atoms with van der Waals surface area (Å²) >= 11 is 1.78. The van der Waals surface area contributed by atoms with E-state index in [1.807, 2.05) is 6.07 Å². The van der Waals surface area contributed by atoms with Crippen LogP contribution in [-0.4, -0.2) is 53.6 Å². The van der Waals surface area contributed by atoms with Gasteiger partial charge in [0.1, 0.15) is 0 Å². The third-order valence-corrected chi connectivity index (χ3v) is 5.10. The van der Waals surface area contributed by atoms with Gasteiger partial charge in [0.15, 0.2) is 5.96 Å². The summed E-state index contributed by atoms with van der Waals surface area (Å²) in [5, 5.41) is 5.55. The fraction of sp³-hybridized carbons (Fsp3) is 0.471. The molecule has 0 unspecified atom stereocenters. The molecule has 3 rings (SSSR count). The van der Waals surface area contributed by atoms with E-state index in [2.05, 4.69) is 50.4 Å². The third kappa shape index (κ3) is 4.03. The standard InChI is InChI=1S/C17H24N6S/c1-3-18-16(21-13-15-14(2)5-12-24-15)22-8-10-23(11-9-22)17-19-6-4-7-20-17/h4-7,12H,3,8-11,13H2,1-2H3,(H,18,21). The lowest BCUT2D eigenvalue weighted by atomic mass is 10.3. The van der Waals surface area contributed by atoms with Crippen molar-refractivity contribution < 1.29 is 0 Å². The topological polar surface area (TPSA) is 56.7 Å². The van der Waals surface area contributed by atoms with Gasteiger partial charge in [0, 0.05) is 50.0 Å². The molecule has 7 heteroatoms. The number of hydrogen-bond acceptors (Lipinski definition) is 5. The molecule has 24 heavy (non-hydrogen) atoms. The molecule has 0 saturated carbocycles. The zero-order chi connectivity index (χ0) is 16.8. The largest absolute Gasteiger partial charge is 0.357 e. The summed E-state index contributed by atoms with van der Waals surface area (Å²) in [5.74, 6) is 1.81. The van der Waals surface area contributed by atoms with Crippen molar-refractivity contribution in [3.8, 4) is 0 Å². The van der Waals surface area contributed by atoms with Crippen molar-refractivity contribution in [1.29, 1.82) is 0 Å². The van der Waals surface area contributed by atoms with E-state index in [0.717, 1.165) is 51.2 Å². The van der Waals surface area contributed by atoms with Crippen LogP contribution in [0.25, 0.3) is 0 Å². The summed E-state index contributed by atoms with van der Waals surface area (Å²) in [4.78, 5) is 19.4. The van der Waals surface area contributed by atoms with Crippen LogP contribution in [0, 0.1) is 6.92 Å². The molecule has 0 spiro atoms. The van der Waals surface area contributed by atoms with Gasteiger partial charge in [-0.3, -0.25) is 0 Å². The Bertz CT molecular complexity index is 661. The van der Waals surface area contributed by atoms with Crippen molar-refractivity contribution in [1.82, 2.24) is 20.2 Å². The van der Waals surface area contributed by atoms with Gasteiger partial charge in [-0.15, -0.1) is 11.3 Å². The first-order chi connectivity index (χ1) is 11.8. The molecule has 128 valence electrons. The molecule has 6 nitrogen and oxygen atoms in total. The molecule has 1 aliphatic heterocycles. The van der Waals surface area contributed by atoms with Crippen LogP contribution >= 0.6 is 11.3 Å². The van der Waals surface area contributed by atoms with Crippen LogP contribution in [0.15, 0.2) is 34.9 Å². The summed E-state index contributed by atoms with van der Waals surface area (Å²) in [6, 6.07) is 4.00. The van der Waals surface area contributed by atoms with Crippen molar-refractivity contribution >= 4 is 23.2 Å². The normalized spacial score (nSPS) is 15.7. The maximum Gasteiger partial charge on any atom is 0.225 e. The Labute approximate surface area is 147 Å². The molecule has 0 aromatic carbocycles. The fourth-order valence-electron chi connectivity index (χ4n) is 2.71. The molecule has 1 N–H and O–H groups in total. The number of nitrogens with zero attached hydrogens (tertiary/aromatic N) is 5. The Morgan fingerprint density at radius 3 is 2.62 bits per heavy atom. The predicted octanol–water partition coefficient (Wildman–Crippen LogP) is 2.13. The zero-order valence-corrected chi connectivity index (χ0v) is 15.1. The highest BCUT2D eigenvalue weighted by molar-refractivity contribution is 7.10. The average molecular weight is 344 g/mol. The number of piperazine rings is 1. The van der Waals surface area contributed by atoms with Gasteiger partial charge in [-0.2, -0.15) is 0 Å². The van der Waals surface area contributed by atoms with Gasteiger partial charge in [-0.1, -0.05) is 0 Å². The van der Waals surface area contributed by atoms with E-state index >= 15 is 0 Å². The van der Waals surface area contributed by atoms with Crippen LogP contribution < -0.4 is 10.2 Å². The minimum atomic E-state index is 0.744. The lowest BCUT2D eigenvalue weighted by Gasteiger charge is -2.36. The van der Waals surface area contributed by atoms with Gasteiger partial charge in [-0.25, -0.2) is 15.0 Å². The minimum Gasteiger partial charge on any atom is -0.357 e. The highest BCUT2D eigenvalue weighted by atomic mass is 32.1. The first kappa shape index (κ1) is 16.7. The van der Waals surface area contributed by atoms with Crippen LogP contribution in [0.4, 0.5) is 5.95 Å². The first-order valence-corrected chi connectivity index (χ1v) is 9.24. The maximum absolute atomic E-state index is 4.83. The van der Waals surface area contributed by atoms with E-state index in [1.54, 1.807) is 23.7 Å². The maximum atomic E-state index is 4.83. The molecule has 0 radical (unpaired) electrons. The minimum absolute atomic E-state index is 0.744. The Hall–Kier alpha value is -2.15. The zero-order valence-electron chi connectivity index (χ0n) is 14.3. The molecule has 3 heterocycles. The lowest BCUT2D eigenvalue weighted by Crippen LogP contribution is -2.52. The number of nitrogens with one attached hydrogen (secondary N) is 1. The van der Waals surface area contributed by atoms with Gasteiger partial charge in [0.2, 0.25) is 5.95 Å². The van der Waals surface area contributed by atoms with Crippen molar-refractivity contribution in [2.45, 2.75) is 20.4 Å². The molecule has 2 aromatic rings. The van der Waals surface area contributed by atoms with E-state index in [-0.39, 0.29) is 0 Å². The average Bonchev–Trinajstić information content (AvgIpc) is 3.04. The molecule has 1 saturated heterocycles. The van der Waals surface area contributed by atoms with E-state index in [4.69, 9.17) is 4.99 Å². The van der Waals surface area contributed by atoms with Gasteiger partial charge in [-0.05, 0) is 36.9 Å². The molecule has 0 atom stereocenters. The van der Waals surface area contributed by atoms with Crippen molar-refractivity contribution in [3.05, 3.63) is 40.3 Å². The van der Waals surface area contributed by atoms with Crippen LogP contribution in [-0.2, 0) is 6.54 Å². The summed E-state index contributed by atoms with van der Waals surface area (Å²) < 4.78 is 0. The SMILES string of the molecule is CCNC(=NCc1sccc1C)N1CCN(c2ncccn2)CC1. The fourth-order valence-corrected chi connectivity index (χ4v) is 3.54. The number of aliphatic imine (C=N–C) groups is 1. The van der Waals surface area contributed by atoms with Crippen LogP contribution in [0.1, 0.15) is 17.4 Å². The Balaban J connectivity index is 1.62. The molecule has 1 aliphatic rings. The Kier molecular flexibility index (Phi) is 5.63. The van der Waals surface area contributed by atoms with Gasteiger partial charge in [0.05, 0.1) is 6.54 Å². The Morgan fingerprint density at radius 2 is 2.00 bits per heavy atom. The van der Waals surface area contributed by atoms with Gasteiger partial charge < -0.3 is 15.1 Å². The highest BCUT2D eigenvalue weighted by Gasteiger charge is 2.21. The number of aromatic nitrogens is 2. The first-order valence-electron chi connectivity index (χ1n) is 8.36.